The van der Waals surface area contributed by atoms with Gasteiger partial charge in [-0.15, -0.1) is 23.2 Å². The Labute approximate surface area is 71.9 Å². The first-order valence-electron chi connectivity index (χ1n) is 3.97. The molecule has 0 spiro atoms. The zero-order valence-corrected chi connectivity index (χ0v) is 7.67. The van der Waals surface area contributed by atoms with Crippen molar-refractivity contribution in [2.45, 2.75) is 36.9 Å². The number of halogens is 2. The SMILES string of the molecule is C[C@@]12CCCC[C@@H]1C2(Cl)Cl. The van der Waals surface area contributed by atoms with Crippen LogP contribution in [0.4, 0.5) is 0 Å². The highest BCUT2D eigenvalue weighted by Gasteiger charge is 2.72. The van der Waals surface area contributed by atoms with E-state index in [4.69, 9.17) is 23.2 Å². The average Bonchev–Trinajstić information content (AvgIpc) is 2.30. The van der Waals surface area contributed by atoms with Crippen molar-refractivity contribution in [2.24, 2.45) is 11.3 Å². The van der Waals surface area contributed by atoms with Gasteiger partial charge in [0.2, 0.25) is 0 Å². The fourth-order valence-electron chi connectivity index (χ4n) is 2.36. The zero-order valence-electron chi connectivity index (χ0n) is 6.16. The van der Waals surface area contributed by atoms with Gasteiger partial charge < -0.3 is 0 Å². The van der Waals surface area contributed by atoms with E-state index < -0.39 is 0 Å². The van der Waals surface area contributed by atoms with Gasteiger partial charge in [-0.05, 0) is 12.8 Å². The Morgan fingerprint density at radius 3 is 2.40 bits per heavy atom. The van der Waals surface area contributed by atoms with Crippen molar-refractivity contribution in [2.75, 3.05) is 0 Å². The van der Waals surface area contributed by atoms with Gasteiger partial charge in [-0.25, -0.2) is 0 Å². The van der Waals surface area contributed by atoms with E-state index in [2.05, 4.69) is 6.92 Å². The van der Waals surface area contributed by atoms with Crippen molar-refractivity contribution in [1.82, 2.24) is 0 Å². The minimum Gasteiger partial charge on any atom is -0.101 e. The molecule has 2 aliphatic rings. The molecule has 2 fully saturated rings. The second-order valence-corrected chi connectivity index (χ2v) is 5.22. The van der Waals surface area contributed by atoms with Gasteiger partial charge in [0.1, 0.15) is 4.33 Å². The van der Waals surface area contributed by atoms with Crippen molar-refractivity contribution in [3.63, 3.8) is 0 Å². The summed E-state index contributed by atoms with van der Waals surface area (Å²) in [6, 6.07) is 0. The van der Waals surface area contributed by atoms with Gasteiger partial charge in [0.15, 0.2) is 0 Å². The standard InChI is InChI=1S/C8H12Cl2/c1-7-5-3-2-4-6(7)8(7,9)10/h6H,2-5H2,1H3/t6-,7+/m0/s1. The predicted molar refractivity (Wildman–Crippen MR) is 44.5 cm³/mol. The van der Waals surface area contributed by atoms with Gasteiger partial charge in [-0.1, -0.05) is 19.8 Å². The van der Waals surface area contributed by atoms with Crippen LogP contribution in [0, 0.1) is 11.3 Å². The van der Waals surface area contributed by atoms with Crippen LogP contribution in [-0.4, -0.2) is 4.33 Å². The normalized spacial score (nSPS) is 50.1. The van der Waals surface area contributed by atoms with E-state index in [1.54, 1.807) is 0 Å². The summed E-state index contributed by atoms with van der Waals surface area (Å²) in [7, 11) is 0. The third-order valence-corrected chi connectivity index (χ3v) is 4.71. The highest BCUT2D eigenvalue weighted by atomic mass is 35.5. The van der Waals surface area contributed by atoms with Crippen molar-refractivity contribution in [3.05, 3.63) is 0 Å². The average molecular weight is 179 g/mol. The molecule has 2 saturated carbocycles. The number of hydrogen-bond acceptors (Lipinski definition) is 0. The third-order valence-electron chi connectivity index (χ3n) is 3.32. The number of fused-ring (bicyclic) bond motifs is 1. The second kappa shape index (κ2) is 1.84. The van der Waals surface area contributed by atoms with Crippen LogP contribution in [0.3, 0.4) is 0 Å². The fraction of sp³-hybridized carbons (Fsp3) is 1.00. The van der Waals surface area contributed by atoms with Crippen LogP contribution in [0.2, 0.25) is 0 Å². The summed E-state index contributed by atoms with van der Waals surface area (Å²) >= 11 is 12.2. The monoisotopic (exact) mass is 178 g/mol. The van der Waals surface area contributed by atoms with Crippen LogP contribution >= 0.6 is 23.2 Å². The molecule has 0 saturated heterocycles. The Hall–Kier alpha value is 0.580. The highest BCUT2D eigenvalue weighted by molar-refractivity contribution is 6.51. The van der Waals surface area contributed by atoms with E-state index in [1.807, 2.05) is 0 Å². The summed E-state index contributed by atoms with van der Waals surface area (Å²) in [5.41, 5.74) is 0.272. The molecule has 0 aromatic heterocycles. The lowest BCUT2D eigenvalue weighted by Crippen LogP contribution is -2.06. The fourth-order valence-corrected chi connectivity index (χ4v) is 3.40. The van der Waals surface area contributed by atoms with Crippen LogP contribution in [-0.2, 0) is 0 Å². The van der Waals surface area contributed by atoms with Crippen LogP contribution in [0.15, 0.2) is 0 Å². The number of hydrogen-bond donors (Lipinski definition) is 0. The summed E-state index contributed by atoms with van der Waals surface area (Å²) in [6.45, 7) is 2.22. The van der Waals surface area contributed by atoms with Gasteiger partial charge >= 0.3 is 0 Å². The molecular formula is C8H12Cl2. The third kappa shape index (κ3) is 0.648. The van der Waals surface area contributed by atoms with Gasteiger partial charge in [-0.3, -0.25) is 0 Å². The first-order valence-corrected chi connectivity index (χ1v) is 4.72. The van der Waals surface area contributed by atoms with Crippen LogP contribution < -0.4 is 0 Å². The highest BCUT2D eigenvalue weighted by Crippen LogP contribution is 2.74. The first-order chi connectivity index (χ1) is 4.59. The minimum absolute atomic E-state index is 0.272. The lowest BCUT2D eigenvalue weighted by molar-refractivity contribution is 0.365. The molecule has 0 N–H and O–H groups in total. The van der Waals surface area contributed by atoms with Gasteiger partial charge in [0, 0.05) is 11.3 Å². The van der Waals surface area contributed by atoms with E-state index in [0.29, 0.717) is 5.92 Å². The van der Waals surface area contributed by atoms with E-state index >= 15 is 0 Å². The Balaban J connectivity index is 2.20. The van der Waals surface area contributed by atoms with Gasteiger partial charge in [0.25, 0.3) is 0 Å². The molecule has 0 aromatic rings. The zero-order chi connectivity index (χ0) is 7.41. The Bertz CT molecular complexity index is 165. The molecule has 2 atom stereocenters. The molecule has 0 nitrogen and oxygen atoms in total. The smallest absolute Gasteiger partial charge is 0.101 e. The van der Waals surface area contributed by atoms with E-state index in [0.717, 1.165) is 0 Å². The maximum absolute atomic E-state index is 6.12. The predicted octanol–water partition coefficient (Wildman–Crippen LogP) is 3.37. The second-order valence-electron chi connectivity index (χ2n) is 3.84. The molecule has 0 aliphatic heterocycles. The molecule has 0 amide bonds. The molecular weight excluding hydrogens is 167 g/mol. The molecule has 0 unspecified atom stereocenters. The Morgan fingerprint density at radius 1 is 1.30 bits per heavy atom. The minimum atomic E-state index is -0.372. The molecule has 10 heavy (non-hydrogen) atoms. The Morgan fingerprint density at radius 2 is 2.00 bits per heavy atom. The maximum atomic E-state index is 6.12. The lowest BCUT2D eigenvalue weighted by atomic mass is 9.90. The molecule has 0 radical (unpaired) electrons. The topological polar surface area (TPSA) is 0 Å². The van der Waals surface area contributed by atoms with E-state index in [-0.39, 0.29) is 9.75 Å². The van der Waals surface area contributed by atoms with Crippen LogP contribution in [0.1, 0.15) is 32.6 Å². The first kappa shape index (κ1) is 7.24. The Kier molecular flexibility index (Phi) is 1.33. The van der Waals surface area contributed by atoms with Crippen LogP contribution in [0.5, 0.6) is 0 Å². The summed E-state index contributed by atoms with van der Waals surface area (Å²) in [6.07, 6.45) is 5.10. The summed E-state index contributed by atoms with van der Waals surface area (Å²) < 4.78 is -0.372. The largest absolute Gasteiger partial charge is 0.127 e. The lowest BCUT2D eigenvalue weighted by Gasteiger charge is -2.15. The van der Waals surface area contributed by atoms with Gasteiger partial charge in [0.05, 0.1) is 0 Å². The van der Waals surface area contributed by atoms with Crippen molar-refractivity contribution >= 4 is 23.2 Å². The van der Waals surface area contributed by atoms with Crippen molar-refractivity contribution in [3.8, 4) is 0 Å². The van der Waals surface area contributed by atoms with Crippen LogP contribution in [0.25, 0.3) is 0 Å². The summed E-state index contributed by atoms with van der Waals surface area (Å²) in [5, 5.41) is 0. The molecule has 2 heteroatoms. The van der Waals surface area contributed by atoms with Crippen molar-refractivity contribution in [1.29, 1.82) is 0 Å². The molecule has 58 valence electrons. The molecule has 2 aliphatic carbocycles. The van der Waals surface area contributed by atoms with E-state index in [9.17, 15) is 0 Å². The van der Waals surface area contributed by atoms with Gasteiger partial charge in [-0.2, -0.15) is 0 Å². The molecule has 0 heterocycles. The quantitative estimate of drug-likeness (QED) is 0.500. The maximum Gasteiger partial charge on any atom is 0.127 e. The summed E-state index contributed by atoms with van der Waals surface area (Å²) in [5.74, 6) is 0.595. The summed E-state index contributed by atoms with van der Waals surface area (Å²) in [4.78, 5) is 0. The number of rotatable bonds is 0. The van der Waals surface area contributed by atoms with E-state index in [1.165, 1.54) is 25.7 Å². The van der Waals surface area contributed by atoms with Crippen molar-refractivity contribution < 1.29 is 0 Å². The molecule has 2 rings (SSSR count). The molecule has 0 aromatic carbocycles. The number of alkyl halides is 2. The molecule has 0 bridgehead atoms.